The van der Waals surface area contributed by atoms with Crippen molar-refractivity contribution in [3.63, 3.8) is 0 Å². The standard InChI is InChI=1S/C27H24N2O5/c1-3-17-34-27(32)19-13-15-20(16-14-19)29-25(30)23(18-9-5-4-6-10-18)24(26(29)31)28-21-11-7-8-12-22(21)33-2/h4-16,28H,3,17H2,1-2H3. The number of imide groups is 1. The number of ether oxygens (including phenoxy) is 2. The lowest BCUT2D eigenvalue weighted by molar-refractivity contribution is -0.120. The van der Waals surface area contributed by atoms with Gasteiger partial charge in [-0.05, 0) is 48.4 Å². The molecule has 0 atom stereocenters. The summed E-state index contributed by atoms with van der Waals surface area (Å²) in [5.41, 5.74) is 2.27. The van der Waals surface area contributed by atoms with Crippen molar-refractivity contribution < 1.29 is 23.9 Å². The molecule has 34 heavy (non-hydrogen) atoms. The van der Waals surface area contributed by atoms with Crippen molar-refractivity contribution in [3.05, 3.63) is 95.7 Å². The van der Waals surface area contributed by atoms with E-state index in [2.05, 4.69) is 5.32 Å². The molecular formula is C27H24N2O5. The van der Waals surface area contributed by atoms with Gasteiger partial charge in [0.05, 0.1) is 36.2 Å². The molecule has 1 aliphatic rings. The van der Waals surface area contributed by atoms with E-state index in [0.717, 1.165) is 11.3 Å². The average molecular weight is 456 g/mol. The molecule has 1 aliphatic heterocycles. The SMILES string of the molecule is CCCOC(=O)c1ccc(N2C(=O)C(Nc3ccccc3OC)=C(c3ccccc3)C2=O)cc1. The molecular weight excluding hydrogens is 432 g/mol. The number of nitrogens with zero attached hydrogens (tertiary/aromatic N) is 1. The Hall–Kier alpha value is -4.39. The maximum Gasteiger partial charge on any atom is 0.338 e. The maximum absolute atomic E-state index is 13.5. The second-order valence-electron chi connectivity index (χ2n) is 7.57. The molecule has 0 fully saturated rings. The lowest BCUT2D eigenvalue weighted by atomic mass is 10.0. The largest absolute Gasteiger partial charge is 0.495 e. The highest BCUT2D eigenvalue weighted by Gasteiger charge is 2.40. The summed E-state index contributed by atoms with van der Waals surface area (Å²) in [5, 5.41) is 3.11. The second-order valence-corrected chi connectivity index (χ2v) is 7.57. The number of carbonyl (C=O) groups is 3. The summed E-state index contributed by atoms with van der Waals surface area (Å²) in [6.45, 7) is 2.24. The fraction of sp³-hybridized carbons (Fsp3) is 0.148. The quantitative estimate of drug-likeness (QED) is 0.392. The predicted octanol–water partition coefficient (Wildman–Crippen LogP) is 4.66. The van der Waals surface area contributed by atoms with Gasteiger partial charge in [-0.15, -0.1) is 0 Å². The molecule has 1 heterocycles. The molecule has 0 aromatic heterocycles. The van der Waals surface area contributed by atoms with Gasteiger partial charge in [0.2, 0.25) is 0 Å². The van der Waals surface area contributed by atoms with Crippen molar-refractivity contribution in [1.29, 1.82) is 0 Å². The highest BCUT2D eigenvalue weighted by molar-refractivity contribution is 6.46. The van der Waals surface area contributed by atoms with E-state index in [-0.39, 0.29) is 11.3 Å². The van der Waals surface area contributed by atoms with Crippen molar-refractivity contribution in [2.24, 2.45) is 0 Å². The number of hydrogen-bond donors (Lipinski definition) is 1. The highest BCUT2D eigenvalue weighted by Crippen LogP contribution is 2.35. The van der Waals surface area contributed by atoms with Crippen LogP contribution in [0.25, 0.3) is 5.57 Å². The number of amides is 2. The van der Waals surface area contributed by atoms with E-state index in [0.29, 0.717) is 34.9 Å². The molecule has 0 saturated heterocycles. The van der Waals surface area contributed by atoms with Crippen molar-refractivity contribution in [1.82, 2.24) is 0 Å². The molecule has 2 amide bonds. The Labute approximate surface area is 197 Å². The molecule has 7 nitrogen and oxygen atoms in total. The van der Waals surface area contributed by atoms with Gasteiger partial charge in [0.25, 0.3) is 11.8 Å². The number of rotatable bonds is 8. The van der Waals surface area contributed by atoms with Gasteiger partial charge in [-0.2, -0.15) is 0 Å². The van der Waals surface area contributed by atoms with Gasteiger partial charge in [-0.1, -0.05) is 49.4 Å². The summed E-state index contributed by atoms with van der Waals surface area (Å²) < 4.78 is 10.5. The first-order chi connectivity index (χ1) is 16.5. The van der Waals surface area contributed by atoms with E-state index in [1.165, 1.54) is 7.11 Å². The number of carbonyl (C=O) groups excluding carboxylic acids is 3. The van der Waals surface area contributed by atoms with Crippen LogP contribution in [0.3, 0.4) is 0 Å². The van der Waals surface area contributed by atoms with Crippen molar-refractivity contribution in [2.75, 3.05) is 23.9 Å². The number of benzene rings is 3. The molecule has 4 rings (SSSR count). The third-order valence-corrected chi connectivity index (χ3v) is 5.31. The van der Waals surface area contributed by atoms with Crippen LogP contribution in [0.2, 0.25) is 0 Å². The minimum Gasteiger partial charge on any atom is -0.495 e. The molecule has 0 unspecified atom stereocenters. The van der Waals surface area contributed by atoms with Gasteiger partial charge in [0.15, 0.2) is 0 Å². The highest BCUT2D eigenvalue weighted by atomic mass is 16.5. The Morgan fingerprint density at radius 3 is 2.24 bits per heavy atom. The molecule has 0 saturated carbocycles. The molecule has 1 N–H and O–H groups in total. The number of esters is 1. The third-order valence-electron chi connectivity index (χ3n) is 5.31. The Morgan fingerprint density at radius 2 is 1.56 bits per heavy atom. The van der Waals surface area contributed by atoms with Crippen molar-refractivity contribution in [2.45, 2.75) is 13.3 Å². The normalized spacial score (nSPS) is 13.3. The van der Waals surface area contributed by atoms with Crippen LogP contribution in [0, 0.1) is 0 Å². The second kappa shape index (κ2) is 10.0. The first-order valence-corrected chi connectivity index (χ1v) is 10.9. The van der Waals surface area contributed by atoms with Crippen molar-refractivity contribution in [3.8, 4) is 5.75 Å². The zero-order valence-electron chi connectivity index (χ0n) is 18.9. The van der Waals surface area contributed by atoms with Gasteiger partial charge in [-0.25, -0.2) is 9.69 Å². The average Bonchev–Trinajstić information content (AvgIpc) is 3.12. The van der Waals surface area contributed by atoms with E-state index in [4.69, 9.17) is 9.47 Å². The molecule has 7 heteroatoms. The molecule has 0 aliphatic carbocycles. The molecule has 0 radical (unpaired) electrons. The Kier molecular flexibility index (Phi) is 6.73. The number of hydrogen-bond acceptors (Lipinski definition) is 6. The summed E-state index contributed by atoms with van der Waals surface area (Å²) in [7, 11) is 1.54. The zero-order chi connectivity index (χ0) is 24.1. The minimum absolute atomic E-state index is 0.145. The zero-order valence-corrected chi connectivity index (χ0v) is 18.9. The van der Waals surface area contributed by atoms with Crippen LogP contribution in [0.4, 0.5) is 11.4 Å². The fourth-order valence-corrected chi connectivity index (χ4v) is 3.66. The van der Waals surface area contributed by atoms with E-state index in [9.17, 15) is 14.4 Å². The summed E-state index contributed by atoms with van der Waals surface area (Å²) in [6.07, 6.45) is 0.719. The van der Waals surface area contributed by atoms with E-state index in [1.54, 1.807) is 60.7 Å². The Morgan fingerprint density at radius 1 is 0.882 bits per heavy atom. The van der Waals surface area contributed by atoms with E-state index < -0.39 is 17.8 Å². The van der Waals surface area contributed by atoms with Crippen LogP contribution in [-0.4, -0.2) is 31.5 Å². The maximum atomic E-state index is 13.5. The predicted molar refractivity (Wildman–Crippen MR) is 129 cm³/mol. The monoisotopic (exact) mass is 456 g/mol. The number of methoxy groups -OCH3 is 1. The first kappa shape index (κ1) is 22.8. The smallest absolute Gasteiger partial charge is 0.338 e. The van der Waals surface area contributed by atoms with E-state index >= 15 is 0 Å². The molecule has 0 bridgehead atoms. The summed E-state index contributed by atoms with van der Waals surface area (Å²) in [5.74, 6) is -0.879. The molecule has 0 spiro atoms. The van der Waals surface area contributed by atoms with Crippen LogP contribution >= 0.6 is 0 Å². The molecule has 3 aromatic rings. The topological polar surface area (TPSA) is 84.9 Å². The Bertz CT molecular complexity index is 1250. The number of anilines is 2. The first-order valence-electron chi connectivity index (χ1n) is 10.9. The summed E-state index contributed by atoms with van der Waals surface area (Å²) >= 11 is 0. The van der Waals surface area contributed by atoms with Crippen LogP contribution in [0.5, 0.6) is 5.75 Å². The Balaban J connectivity index is 1.71. The van der Waals surface area contributed by atoms with Gasteiger partial charge in [-0.3, -0.25) is 9.59 Å². The van der Waals surface area contributed by atoms with Crippen molar-refractivity contribution >= 4 is 34.7 Å². The third kappa shape index (κ3) is 4.41. The lowest BCUT2D eigenvalue weighted by Crippen LogP contribution is -2.32. The summed E-state index contributed by atoms with van der Waals surface area (Å²) in [6, 6.07) is 22.4. The molecule has 3 aromatic carbocycles. The lowest BCUT2D eigenvalue weighted by Gasteiger charge is -2.16. The van der Waals surface area contributed by atoms with Crippen LogP contribution in [-0.2, 0) is 14.3 Å². The van der Waals surface area contributed by atoms with E-state index in [1.807, 2.05) is 25.1 Å². The van der Waals surface area contributed by atoms with Gasteiger partial charge >= 0.3 is 5.97 Å². The van der Waals surface area contributed by atoms with Gasteiger partial charge in [0.1, 0.15) is 11.4 Å². The number of nitrogens with one attached hydrogen (secondary N) is 1. The van der Waals surface area contributed by atoms with Gasteiger partial charge in [0, 0.05) is 0 Å². The van der Waals surface area contributed by atoms with Crippen LogP contribution < -0.4 is 15.0 Å². The van der Waals surface area contributed by atoms with Crippen LogP contribution in [0.1, 0.15) is 29.3 Å². The minimum atomic E-state index is -0.504. The van der Waals surface area contributed by atoms with Gasteiger partial charge < -0.3 is 14.8 Å². The number of para-hydroxylation sites is 2. The van der Waals surface area contributed by atoms with Crippen LogP contribution in [0.15, 0.2) is 84.6 Å². The summed E-state index contributed by atoms with van der Waals surface area (Å²) in [4.78, 5) is 40.2. The molecule has 172 valence electrons. The fourth-order valence-electron chi connectivity index (χ4n) is 3.66.